The van der Waals surface area contributed by atoms with Crippen LogP contribution in [0.1, 0.15) is 75.8 Å². The first kappa shape index (κ1) is 26.3. The van der Waals surface area contributed by atoms with E-state index in [1.807, 2.05) is 0 Å². The SMILES string of the molecule is COc1cccc2c1C(=O)c1c(O)c3c(c(O)c1C2=O)C[C@@](O)(C(C)=O)C[C@@H]3O[C@@H]1C[C@@H](N)[C@@H](O)[C@H](C)O1. The molecule has 11 heteroatoms. The number of benzene rings is 2. The smallest absolute Gasteiger partial charge is 0.202 e. The number of phenols is 2. The van der Waals surface area contributed by atoms with Gasteiger partial charge in [0.2, 0.25) is 5.78 Å². The maximum absolute atomic E-state index is 13.6. The summed E-state index contributed by atoms with van der Waals surface area (Å²) < 4.78 is 17.1. The van der Waals surface area contributed by atoms with Crippen molar-refractivity contribution in [3.8, 4) is 17.2 Å². The van der Waals surface area contributed by atoms with Crippen LogP contribution in [0.3, 0.4) is 0 Å². The van der Waals surface area contributed by atoms with E-state index in [1.165, 1.54) is 32.2 Å². The number of ketones is 3. The number of rotatable bonds is 4. The lowest BCUT2D eigenvalue weighted by Gasteiger charge is -2.42. The fourth-order valence-electron chi connectivity index (χ4n) is 5.66. The van der Waals surface area contributed by atoms with Gasteiger partial charge in [-0.05, 0) is 19.9 Å². The van der Waals surface area contributed by atoms with Gasteiger partial charge in [0.1, 0.15) is 22.8 Å². The molecular formula is C27H29NO10. The van der Waals surface area contributed by atoms with E-state index in [1.54, 1.807) is 6.92 Å². The number of nitrogens with two attached hydrogens (primary N) is 1. The molecule has 2 aliphatic carbocycles. The third kappa shape index (κ3) is 3.81. The molecule has 0 spiro atoms. The van der Waals surface area contributed by atoms with Gasteiger partial charge in [-0.1, -0.05) is 12.1 Å². The zero-order valence-electron chi connectivity index (χ0n) is 21.1. The van der Waals surface area contributed by atoms with Crippen LogP contribution in [0.25, 0.3) is 0 Å². The Morgan fingerprint density at radius 1 is 1.13 bits per heavy atom. The minimum absolute atomic E-state index is 0.0147. The predicted octanol–water partition coefficient (Wildman–Crippen LogP) is 1.03. The van der Waals surface area contributed by atoms with Gasteiger partial charge in [-0.25, -0.2) is 0 Å². The van der Waals surface area contributed by atoms with Crippen molar-refractivity contribution in [1.29, 1.82) is 0 Å². The molecular weight excluding hydrogens is 498 g/mol. The molecule has 0 amide bonds. The maximum Gasteiger partial charge on any atom is 0.202 e. The van der Waals surface area contributed by atoms with E-state index in [0.717, 1.165) is 0 Å². The van der Waals surface area contributed by atoms with E-state index in [2.05, 4.69) is 0 Å². The molecule has 38 heavy (non-hydrogen) atoms. The van der Waals surface area contributed by atoms with Crippen molar-refractivity contribution in [2.24, 2.45) is 5.73 Å². The highest BCUT2D eigenvalue weighted by molar-refractivity contribution is 6.31. The fourth-order valence-corrected chi connectivity index (χ4v) is 5.66. The van der Waals surface area contributed by atoms with Crippen molar-refractivity contribution in [1.82, 2.24) is 0 Å². The molecule has 0 radical (unpaired) electrons. The van der Waals surface area contributed by atoms with E-state index in [9.17, 15) is 34.8 Å². The lowest BCUT2D eigenvalue weighted by molar-refractivity contribution is -0.247. The highest BCUT2D eigenvalue weighted by Gasteiger charge is 2.49. The van der Waals surface area contributed by atoms with Crippen molar-refractivity contribution in [3.63, 3.8) is 0 Å². The quantitative estimate of drug-likeness (QED) is 0.305. The number of carbonyl (C=O) groups is 3. The molecule has 0 unspecified atom stereocenters. The molecule has 1 aliphatic heterocycles. The molecule has 6 atom stereocenters. The Labute approximate surface area is 217 Å². The summed E-state index contributed by atoms with van der Waals surface area (Å²) in [5.41, 5.74) is 2.97. The minimum atomic E-state index is -2.00. The van der Waals surface area contributed by atoms with Crippen LogP contribution in [0.5, 0.6) is 17.2 Å². The molecule has 0 saturated carbocycles. The van der Waals surface area contributed by atoms with Gasteiger partial charge in [0, 0.05) is 42.0 Å². The van der Waals surface area contributed by atoms with Crippen LogP contribution in [0.4, 0.5) is 0 Å². The molecule has 1 heterocycles. The Hall–Kier alpha value is -3.35. The monoisotopic (exact) mass is 527 g/mol. The lowest BCUT2D eigenvalue weighted by atomic mass is 9.72. The highest BCUT2D eigenvalue weighted by Crippen LogP contribution is 2.52. The van der Waals surface area contributed by atoms with Crippen molar-refractivity contribution in [3.05, 3.63) is 51.6 Å². The number of aliphatic hydroxyl groups is 2. The summed E-state index contributed by atoms with van der Waals surface area (Å²) in [5, 5.41) is 44.1. The third-order valence-electron chi connectivity index (χ3n) is 7.80. The van der Waals surface area contributed by atoms with Crippen LogP contribution in [0.15, 0.2) is 18.2 Å². The van der Waals surface area contributed by atoms with E-state index < -0.39 is 82.6 Å². The van der Waals surface area contributed by atoms with Crippen LogP contribution < -0.4 is 10.5 Å². The summed E-state index contributed by atoms with van der Waals surface area (Å²) in [4.78, 5) is 39.6. The first-order chi connectivity index (χ1) is 17.9. The Morgan fingerprint density at radius 3 is 2.45 bits per heavy atom. The summed E-state index contributed by atoms with van der Waals surface area (Å²) in [6, 6.07) is 3.75. The minimum Gasteiger partial charge on any atom is -0.507 e. The highest BCUT2D eigenvalue weighted by atomic mass is 16.7. The van der Waals surface area contributed by atoms with Gasteiger partial charge in [-0.3, -0.25) is 14.4 Å². The van der Waals surface area contributed by atoms with Gasteiger partial charge in [-0.15, -0.1) is 0 Å². The molecule has 1 saturated heterocycles. The van der Waals surface area contributed by atoms with Crippen LogP contribution in [-0.2, 0) is 20.7 Å². The Kier molecular flexibility index (Phi) is 6.32. The first-order valence-corrected chi connectivity index (χ1v) is 12.2. The number of aromatic hydroxyl groups is 2. The van der Waals surface area contributed by atoms with Gasteiger partial charge in [-0.2, -0.15) is 0 Å². The lowest BCUT2D eigenvalue weighted by Crippen LogP contribution is -2.52. The number of methoxy groups -OCH3 is 1. The molecule has 1 fully saturated rings. The van der Waals surface area contributed by atoms with Crippen LogP contribution in [0, 0.1) is 0 Å². The average molecular weight is 528 g/mol. The summed E-state index contributed by atoms with van der Waals surface area (Å²) in [7, 11) is 1.34. The van der Waals surface area contributed by atoms with Gasteiger partial charge >= 0.3 is 0 Å². The van der Waals surface area contributed by atoms with E-state index in [0.29, 0.717) is 0 Å². The number of hydrogen-bond acceptors (Lipinski definition) is 11. The molecule has 2 aromatic rings. The fraction of sp³-hybridized carbons (Fsp3) is 0.444. The number of aliphatic hydroxyl groups excluding tert-OH is 1. The zero-order chi connectivity index (χ0) is 27.7. The maximum atomic E-state index is 13.6. The summed E-state index contributed by atoms with van der Waals surface area (Å²) >= 11 is 0. The van der Waals surface area contributed by atoms with E-state index in [-0.39, 0.29) is 40.8 Å². The van der Waals surface area contributed by atoms with Crippen LogP contribution in [-0.4, -0.2) is 75.0 Å². The summed E-state index contributed by atoms with van der Waals surface area (Å²) in [6.45, 7) is 2.79. The third-order valence-corrected chi connectivity index (χ3v) is 7.80. The number of ether oxygens (including phenoxy) is 3. The summed E-state index contributed by atoms with van der Waals surface area (Å²) in [5.74, 6) is -3.18. The molecule has 11 nitrogen and oxygen atoms in total. The Bertz CT molecular complexity index is 1360. The first-order valence-electron chi connectivity index (χ1n) is 12.2. The molecule has 2 aromatic carbocycles. The molecule has 3 aliphatic rings. The number of carbonyl (C=O) groups excluding carboxylic acids is 3. The Balaban J connectivity index is 1.68. The zero-order valence-corrected chi connectivity index (χ0v) is 21.1. The van der Waals surface area contributed by atoms with Crippen LogP contribution in [0.2, 0.25) is 0 Å². The molecule has 202 valence electrons. The number of hydrogen-bond donors (Lipinski definition) is 5. The normalized spacial score (nSPS) is 30.3. The molecule has 0 aromatic heterocycles. The van der Waals surface area contributed by atoms with E-state index in [4.69, 9.17) is 19.9 Å². The second-order valence-electron chi connectivity index (χ2n) is 10.1. The standard InChI is InChI=1S/C27H29NO10/c1-10-22(30)14(28)7-17(37-10)38-16-9-27(35,11(2)29)8-13-19(16)26(34)21-20(24(13)32)23(31)12-5-4-6-15(36-3)18(12)25(21)33/h4-6,10,14,16-17,22,30,32,34-35H,7-9,28H2,1-3H3/t10-,14+,16-,17+,22-,27-/m0/s1. The molecule has 0 bridgehead atoms. The van der Waals surface area contributed by atoms with Crippen molar-refractivity contribution < 1.29 is 49.0 Å². The predicted molar refractivity (Wildman–Crippen MR) is 130 cm³/mol. The number of phenolic OH excluding ortho intramolecular Hbond substituents is 2. The average Bonchev–Trinajstić information content (AvgIpc) is 2.87. The van der Waals surface area contributed by atoms with Crippen molar-refractivity contribution >= 4 is 17.3 Å². The number of Topliss-reactive ketones (excluding diaryl/α,β-unsaturated/α-hetero) is 1. The summed E-state index contributed by atoms with van der Waals surface area (Å²) in [6.07, 6.45) is -4.53. The van der Waals surface area contributed by atoms with Gasteiger partial charge in [0.05, 0.1) is 42.1 Å². The molecule has 6 N–H and O–H groups in total. The van der Waals surface area contributed by atoms with Gasteiger partial charge in [0.25, 0.3) is 0 Å². The second kappa shape index (κ2) is 9.14. The molecule has 5 rings (SSSR count). The van der Waals surface area contributed by atoms with Crippen molar-refractivity contribution in [2.45, 2.75) is 69.4 Å². The van der Waals surface area contributed by atoms with E-state index >= 15 is 0 Å². The topological polar surface area (TPSA) is 186 Å². The van der Waals surface area contributed by atoms with Gasteiger partial charge < -0.3 is 40.4 Å². The largest absolute Gasteiger partial charge is 0.507 e. The number of fused-ring (bicyclic) bond motifs is 3. The Morgan fingerprint density at radius 2 is 1.82 bits per heavy atom. The van der Waals surface area contributed by atoms with Gasteiger partial charge in [0.15, 0.2) is 17.9 Å². The second-order valence-corrected chi connectivity index (χ2v) is 10.1. The van der Waals surface area contributed by atoms with Crippen LogP contribution >= 0.6 is 0 Å². The van der Waals surface area contributed by atoms with Crippen molar-refractivity contribution in [2.75, 3.05) is 7.11 Å².